The normalized spacial score (nSPS) is 11.2. The van der Waals surface area contributed by atoms with Gasteiger partial charge in [-0.2, -0.15) is 0 Å². The highest BCUT2D eigenvalue weighted by Gasteiger charge is 2.22. The van der Waals surface area contributed by atoms with Gasteiger partial charge in [-0.1, -0.05) is 27.7 Å². The molecule has 5 heteroatoms. The molecule has 0 atom stereocenters. The molecule has 1 rings (SSSR count). The summed E-state index contributed by atoms with van der Waals surface area (Å²) in [6.45, 7) is 9.03. The Kier molecular flexibility index (Phi) is 6.00. The lowest BCUT2D eigenvalue weighted by Crippen LogP contribution is -2.38. The van der Waals surface area contributed by atoms with Crippen LogP contribution >= 0.6 is 0 Å². The van der Waals surface area contributed by atoms with Crippen LogP contribution in [-0.4, -0.2) is 18.5 Å². The maximum absolute atomic E-state index is 14.4. The average molecular weight is 295 g/mol. The van der Waals surface area contributed by atoms with E-state index < -0.39 is 11.7 Å². The number of anilines is 2. The number of primary amides is 1. The fourth-order valence-corrected chi connectivity index (χ4v) is 2.58. The number of nitrogens with two attached hydrogens (primary N) is 2. The van der Waals surface area contributed by atoms with E-state index in [1.807, 2.05) is 4.90 Å². The van der Waals surface area contributed by atoms with Crippen LogP contribution in [0.3, 0.4) is 0 Å². The van der Waals surface area contributed by atoms with Crippen molar-refractivity contribution in [3.8, 4) is 0 Å². The van der Waals surface area contributed by atoms with Crippen molar-refractivity contribution in [3.63, 3.8) is 0 Å². The number of carbonyl (C=O) groups excluding carboxylic acids is 1. The molecule has 1 amide bonds. The van der Waals surface area contributed by atoms with Crippen molar-refractivity contribution in [2.75, 3.05) is 17.2 Å². The Hall–Kier alpha value is -1.78. The molecule has 0 aliphatic heterocycles. The molecule has 0 saturated carbocycles. The third-order valence-electron chi connectivity index (χ3n) is 3.64. The highest BCUT2D eigenvalue weighted by atomic mass is 19.1. The molecule has 4 nitrogen and oxygen atoms in total. The molecule has 1 aromatic carbocycles. The molecule has 0 heterocycles. The first kappa shape index (κ1) is 17.3. The summed E-state index contributed by atoms with van der Waals surface area (Å²) in [7, 11) is 0. The SMILES string of the molecule is CCC(CC)N(CC(C)C)c1cc(C(N)=O)c(N)cc1F. The fraction of sp³-hybridized carbons (Fsp3) is 0.562. The summed E-state index contributed by atoms with van der Waals surface area (Å²) in [6, 6.07) is 2.88. The summed E-state index contributed by atoms with van der Waals surface area (Å²) in [5.41, 5.74) is 11.6. The molecule has 0 spiro atoms. The lowest BCUT2D eigenvalue weighted by Gasteiger charge is -2.34. The second kappa shape index (κ2) is 7.29. The Morgan fingerprint density at radius 2 is 1.86 bits per heavy atom. The summed E-state index contributed by atoms with van der Waals surface area (Å²) in [5, 5.41) is 0. The lowest BCUT2D eigenvalue weighted by molar-refractivity contribution is 0.100. The molecule has 118 valence electrons. The first-order valence-electron chi connectivity index (χ1n) is 7.47. The predicted octanol–water partition coefficient (Wildman–Crippen LogP) is 3.16. The number of hydrogen-bond acceptors (Lipinski definition) is 3. The monoisotopic (exact) mass is 295 g/mol. The van der Waals surface area contributed by atoms with Gasteiger partial charge < -0.3 is 16.4 Å². The number of benzene rings is 1. The van der Waals surface area contributed by atoms with Gasteiger partial charge in [-0.15, -0.1) is 0 Å². The zero-order valence-corrected chi connectivity index (χ0v) is 13.3. The van der Waals surface area contributed by atoms with E-state index in [9.17, 15) is 9.18 Å². The van der Waals surface area contributed by atoms with E-state index in [2.05, 4.69) is 27.7 Å². The third kappa shape index (κ3) is 4.09. The van der Waals surface area contributed by atoms with Crippen LogP contribution in [0.4, 0.5) is 15.8 Å². The number of amides is 1. The fourth-order valence-electron chi connectivity index (χ4n) is 2.58. The van der Waals surface area contributed by atoms with E-state index in [0.29, 0.717) is 18.2 Å². The van der Waals surface area contributed by atoms with Crippen molar-refractivity contribution in [1.82, 2.24) is 0 Å². The number of halogens is 1. The van der Waals surface area contributed by atoms with Crippen LogP contribution in [0.25, 0.3) is 0 Å². The molecule has 0 aromatic heterocycles. The van der Waals surface area contributed by atoms with Crippen molar-refractivity contribution in [1.29, 1.82) is 0 Å². The van der Waals surface area contributed by atoms with E-state index in [1.54, 1.807) is 0 Å². The van der Waals surface area contributed by atoms with Crippen molar-refractivity contribution in [3.05, 3.63) is 23.5 Å². The third-order valence-corrected chi connectivity index (χ3v) is 3.64. The number of hydrogen-bond donors (Lipinski definition) is 2. The molecular formula is C16H26FN3O. The van der Waals surface area contributed by atoms with Gasteiger partial charge in [0.05, 0.1) is 11.3 Å². The standard InChI is InChI=1S/C16H26FN3O/c1-5-11(6-2)20(9-10(3)4)15-7-12(16(19)21)14(18)8-13(15)17/h7-8,10-11H,5-6,9,18H2,1-4H3,(H2,19,21). The Labute approximate surface area is 126 Å². The molecule has 0 unspecified atom stereocenters. The summed E-state index contributed by atoms with van der Waals surface area (Å²) in [5.74, 6) is -0.674. The van der Waals surface area contributed by atoms with Crippen LogP contribution in [0.2, 0.25) is 0 Å². The molecule has 0 bridgehead atoms. The van der Waals surface area contributed by atoms with Crippen molar-refractivity contribution < 1.29 is 9.18 Å². The van der Waals surface area contributed by atoms with Crippen LogP contribution in [0.5, 0.6) is 0 Å². The average Bonchev–Trinajstić information content (AvgIpc) is 2.38. The van der Waals surface area contributed by atoms with Gasteiger partial charge in [0.15, 0.2) is 0 Å². The van der Waals surface area contributed by atoms with Gasteiger partial charge >= 0.3 is 0 Å². The quantitative estimate of drug-likeness (QED) is 0.759. The Bertz CT molecular complexity index is 499. The van der Waals surface area contributed by atoms with Crippen LogP contribution in [0.1, 0.15) is 50.9 Å². The topological polar surface area (TPSA) is 72.3 Å². The summed E-state index contributed by atoms with van der Waals surface area (Å²) < 4.78 is 14.4. The highest BCUT2D eigenvalue weighted by Crippen LogP contribution is 2.29. The molecule has 0 radical (unpaired) electrons. The zero-order chi connectivity index (χ0) is 16.2. The second-order valence-corrected chi connectivity index (χ2v) is 5.77. The first-order chi connectivity index (χ1) is 9.81. The van der Waals surface area contributed by atoms with E-state index in [4.69, 9.17) is 11.5 Å². The Balaban J connectivity index is 3.35. The summed E-state index contributed by atoms with van der Waals surface area (Å²) in [4.78, 5) is 13.5. The van der Waals surface area contributed by atoms with Crippen LogP contribution in [-0.2, 0) is 0 Å². The minimum absolute atomic E-state index is 0.0813. The molecule has 0 fully saturated rings. The predicted molar refractivity (Wildman–Crippen MR) is 85.9 cm³/mol. The smallest absolute Gasteiger partial charge is 0.250 e. The van der Waals surface area contributed by atoms with Crippen LogP contribution in [0.15, 0.2) is 12.1 Å². The number of nitrogens with zero attached hydrogens (tertiary/aromatic N) is 1. The maximum atomic E-state index is 14.4. The van der Waals surface area contributed by atoms with E-state index in [-0.39, 0.29) is 17.3 Å². The van der Waals surface area contributed by atoms with Crippen LogP contribution in [0, 0.1) is 11.7 Å². The molecule has 21 heavy (non-hydrogen) atoms. The molecule has 1 aromatic rings. The van der Waals surface area contributed by atoms with Gasteiger partial charge in [0.1, 0.15) is 5.82 Å². The van der Waals surface area contributed by atoms with Crippen molar-refractivity contribution in [2.45, 2.75) is 46.6 Å². The maximum Gasteiger partial charge on any atom is 0.250 e. The molecule has 0 aliphatic rings. The number of carbonyl (C=O) groups is 1. The van der Waals surface area contributed by atoms with Crippen molar-refractivity contribution >= 4 is 17.3 Å². The van der Waals surface area contributed by atoms with E-state index in [1.165, 1.54) is 12.1 Å². The van der Waals surface area contributed by atoms with Crippen LogP contribution < -0.4 is 16.4 Å². The first-order valence-corrected chi connectivity index (χ1v) is 7.47. The van der Waals surface area contributed by atoms with Gasteiger partial charge in [-0.05, 0) is 30.9 Å². The van der Waals surface area contributed by atoms with Gasteiger partial charge in [0.2, 0.25) is 0 Å². The lowest BCUT2D eigenvalue weighted by atomic mass is 10.0. The molecule has 0 aliphatic carbocycles. The van der Waals surface area contributed by atoms with E-state index in [0.717, 1.165) is 12.8 Å². The van der Waals surface area contributed by atoms with Gasteiger partial charge in [-0.3, -0.25) is 4.79 Å². The van der Waals surface area contributed by atoms with Gasteiger partial charge in [-0.25, -0.2) is 4.39 Å². The molecule has 0 saturated heterocycles. The van der Waals surface area contributed by atoms with Gasteiger partial charge in [0.25, 0.3) is 5.91 Å². The van der Waals surface area contributed by atoms with Gasteiger partial charge in [0, 0.05) is 18.3 Å². The Morgan fingerprint density at radius 1 is 1.29 bits per heavy atom. The summed E-state index contributed by atoms with van der Waals surface area (Å²) >= 11 is 0. The minimum Gasteiger partial charge on any atom is -0.398 e. The molecule has 4 N–H and O–H groups in total. The largest absolute Gasteiger partial charge is 0.398 e. The second-order valence-electron chi connectivity index (χ2n) is 5.77. The zero-order valence-electron chi connectivity index (χ0n) is 13.3. The minimum atomic E-state index is -0.636. The van der Waals surface area contributed by atoms with E-state index >= 15 is 0 Å². The number of rotatable bonds is 7. The number of nitrogen functional groups attached to an aromatic ring is 1. The Morgan fingerprint density at radius 3 is 2.29 bits per heavy atom. The molecular weight excluding hydrogens is 269 g/mol. The highest BCUT2D eigenvalue weighted by molar-refractivity contribution is 5.99. The summed E-state index contributed by atoms with van der Waals surface area (Å²) in [6.07, 6.45) is 1.80. The van der Waals surface area contributed by atoms with Crippen molar-refractivity contribution in [2.24, 2.45) is 11.7 Å².